The van der Waals surface area contributed by atoms with E-state index in [1.54, 1.807) is 0 Å². The summed E-state index contributed by atoms with van der Waals surface area (Å²) < 4.78 is 22.5. The Kier molecular flexibility index (Phi) is 4.62. The maximum absolute atomic E-state index is 11.7. The highest BCUT2D eigenvalue weighted by molar-refractivity contribution is 7.90. The van der Waals surface area contributed by atoms with Crippen LogP contribution in [-0.2, 0) is 14.8 Å². The number of amides is 1. The van der Waals surface area contributed by atoms with Gasteiger partial charge < -0.3 is 0 Å². The highest BCUT2D eigenvalue weighted by Crippen LogP contribution is 2.27. The number of rotatable bonds is 3. The van der Waals surface area contributed by atoms with Crippen LogP contribution in [0.25, 0.3) is 0 Å². The fourth-order valence-electron chi connectivity index (χ4n) is 1.00. The molecule has 0 fully saturated rings. The monoisotopic (exact) mass is 346 g/mol. The van der Waals surface area contributed by atoms with E-state index in [9.17, 15) is 23.3 Å². The quantitative estimate of drug-likeness (QED) is 0.509. The molecule has 11 heteroatoms. The van der Waals surface area contributed by atoms with Gasteiger partial charge in [0.15, 0.2) is 0 Å². The highest BCUT2D eigenvalue weighted by atomic mass is 35.6. The predicted octanol–water partition coefficient (Wildman–Crippen LogP) is 1.77. The van der Waals surface area contributed by atoms with Crippen LogP contribution in [0.4, 0.5) is 5.69 Å². The van der Waals surface area contributed by atoms with Crippen LogP contribution in [0.3, 0.4) is 0 Å². The first-order chi connectivity index (χ1) is 8.54. The molecule has 1 rings (SSSR count). The van der Waals surface area contributed by atoms with Crippen LogP contribution in [-0.4, -0.2) is 23.0 Å². The Balaban J connectivity index is 3.11. The van der Waals surface area contributed by atoms with Gasteiger partial charge in [0, 0.05) is 12.1 Å². The van der Waals surface area contributed by atoms with E-state index in [1.165, 1.54) is 4.72 Å². The number of alkyl halides is 3. The van der Waals surface area contributed by atoms with Crippen molar-refractivity contribution in [2.45, 2.75) is 8.69 Å². The van der Waals surface area contributed by atoms with Gasteiger partial charge in [-0.3, -0.25) is 14.9 Å². The molecule has 104 valence electrons. The Morgan fingerprint density at radius 1 is 1.32 bits per heavy atom. The van der Waals surface area contributed by atoms with Gasteiger partial charge in [-0.1, -0.05) is 40.9 Å². The van der Waals surface area contributed by atoms with Crippen molar-refractivity contribution in [1.29, 1.82) is 0 Å². The van der Waals surface area contributed by atoms with E-state index in [0.717, 1.165) is 24.3 Å². The number of nitro groups is 1. The first-order valence-corrected chi connectivity index (χ1v) is 7.04. The van der Waals surface area contributed by atoms with Crippen molar-refractivity contribution in [2.75, 3.05) is 0 Å². The van der Waals surface area contributed by atoms with Crippen molar-refractivity contribution in [2.24, 2.45) is 0 Å². The third-order valence-electron chi connectivity index (χ3n) is 1.82. The van der Waals surface area contributed by atoms with Gasteiger partial charge in [-0.2, -0.15) is 0 Å². The molecule has 7 nitrogen and oxygen atoms in total. The van der Waals surface area contributed by atoms with Crippen molar-refractivity contribution >= 4 is 56.4 Å². The first-order valence-electron chi connectivity index (χ1n) is 4.42. The Hall–Kier alpha value is -1.09. The molecule has 1 aromatic rings. The number of hydrogen-bond acceptors (Lipinski definition) is 5. The number of nitrogens with zero attached hydrogens (tertiary/aromatic N) is 1. The number of benzene rings is 1. The van der Waals surface area contributed by atoms with Crippen molar-refractivity contribution in [3.05, 3.63) is 34.4 Å². The number of halogens is 3. The Morgan fingerprint density at radius 3 is 2.37 bits per heavy atom. The zero-order chi connectivity index (χ0) is 14.8. The summed E-state index contributed by atoms with van der Waals surface area (Å²) in [5, 5.41) is 10.5. The summed E-state index contributed by atoms with van der Waals surface area (Å²) in [7, 11) is -4.36. The Morgan fingerprint density at radius 2 is 1.89 bits per heavy atom. The maximum atomic E-state index is 11.7. The molecule has 0 aliphatic rings. The van der Waals surface area contributed by atoms with Crippen LogP contribution in [0, 0.1) is 10.1 Å². The lowest BCUT2D eigenvalue weighted by molar-refractivity contribution is -0.385. The molecule has 0 saturated carbocycles. The van der Waals surface area contributed by atoms with Crippen LogP contribution in [0.5, 0.6) is 0 Å². The summed E-state index contributed by atoms with van der Waals surface area (Å²) >= 11 is 15.6. The van der Waals surface area contributed by atoms with E-state index >= 15 is 0 Å². The van der Waals surface area contributed by atoms with Gasteiger partial charge >= 0.3 is 0 Å². The highest BCUT2D eigenvalue weighted by Gasteiger charge is 2.34. The average molecular weight is 348 g/mol. The molecule has 0 heterocycles. The smallest absolute Gasteiger partial charge is 0.269 e. The molecule has 1 amide bonds. The van der Waals surface area contributed by atoms with Gasteiger partial charge in [0.1, 0.15) is 0 Å². The minimum absolute atomic E-state index is 0.454. The van der Waals surface area contributed by atoms with Crippen molar-refractivity contribution < 1.29 is 18.1 Å². The second kappa shape index (κ2) is 5.49. The summed E-state index contributed by atoms with van der Waals surface area (Å²) in [6, 6.07) is 4.07. The average Bonchev–Trinajstić information content (AvgIpc) is 2.27. The lowest BCUT2D eigenvalue weighted by Gasteiger charge is -2.11. The van der Waals surface area contributed by atoms with E-state index in [0.29, 0.717) is 0 Å². The van der Waals surface area contributed by atoms with Crippen LogP contribution in [0.2, 0.25) is 0 Å². The minimum Gasteiger partial charge on any atom is -0.269 e. The number of hydrogen-bond donors (Lipinski definition) is 1. The van der Waals surface area contributed by atoms with E-state index in [1.807, 2.05) is 0 Å². The molecular formula is C8H5Cl3N2O5S. The SMILES string of the molecule is O=C(NS(=O)(=O)c1cccc([N+](=O)[O-])c1)C(Cl)(Cl)Cl. The lowest BCUT2D eigenvalue weighted by atomic mass is 10.3. The minimum atomic E-state index is -4.36. The van der Waals surface area contributed by atoms with Gasteiger partial charge in [0.25, 0.3) is 25.4 Å². The molecule has 0 aromatic heterocycles. The summed E-state index contributed by atoms with van der Waals surface area (Å²) in [4.78, 5) is 20.5. The Labute approximate surface area is 122 Å². The molecule has 1 N–H and O–H groups in total. The van der Waals surface area contributed by atoms with Gasteiger partial charge in [0.2, 0.25) is 0 Å². The van der Waals surface area contributed by atoms with Crippen molar-refractivity contribution in [1.82, 2.24) is 4.72 Å². The molecule has 1 aromatic carbocycles. The number of carbonyl (C=O) groups excluding carboxylic acids is 1. The number of carbonyl (C=O) groups is 1. The molecule has 0 spiro atoms. The van der Waals surface area contributed by atoms with E-state index in [4.69, 9.17) is 34.8 Å². The maximum Gasteiger partial charge on any atom is 0.285 e. The van der Waals surface area contributed by atoms with Gasteiger partial charge in [-0.15, -0.1) is 0 Å². The number of nitro benzene ring substituents is 1. The molecule has 0 saturated heterocycles. The summed E-state index contributed by atoms with van der Waals surface area (Å²) in [6.07, 6.45) is 0. The number of non-ortho nitro benzene ring substituents is 1. The molecule has 0 unspecified atom stereocenters. The van der Waals surface area contributed by atoms with Crippen molar-refractivity contribution in [3.8, 4) is 0 Å². The normalized spacial score (nSPS) is 11.9. The first kappa shape index (κ1) is 16.0. The topological polar surface area (TPSA) is 106 Å². The molecule has 0 atom stereocenters. The van der Waals surface area contributed by atoms with Crippen LogP contribution < -0.4 is 4.72 Å². The predicted molar refractivity (Wildman–Crippen MR) is 68.7 cm³/mol. The zero-order valence-electron chi connectivity index (χ0n) is 8.84. The fourth-order valence-corrected chi connectivity index (χ4v) is 2.36. The van der Waals surface area contributed by atoms with Crippen molar-refractivity contribution in [3.63, 3.8) is 0 Å². The number of sulfonamides is 1. The summed E-state index contributed by atoms with van der Waals surface area (Å²) in [5.41, 5.74) is -0.454. The summed E-state index contributed by atoms with van der Waals surface area (Å²) in [5.74, 6) is -1.39. The standard InChI is InChI=1S/C8H5Cl3N2O5S/c9-8(10,11)7(14)12-19(17,18)6-3-1-2-5(4-6)13(15)16/h1-4H,(H,12,14). The second-order valence-electron chi connectivity index (χ2n) is 3.19. The molecule has 19 heavy (non-hydrogen) atoms. The van der Waals surface area contributed by atoms with E-state index in [-0.39, 0.29) is 0 Å². The largest absolute Gasteiger partial charge is 0.285 e. The molecule has 0 aliphatic heterocycles. The summed E-state index contributed by atoms with van der Waals surface area (Å²) in [6.45, 7) is 0. The third-order valence-corrected chi connectivity index (χ3v) is 3.67. The fraction of sp³-hybridized carbons (Fsp3) is 0.125. The van der Waals surface area contributed by atoms with Crippen LogP contribution in [0.15, 0.2) is 29.2 Å². The molecule has 0 aliphatic carbocycles. The second-order valence-corrected chi connectivity index (χ2v) is 7.15. The van der Waals surface area contributed by atoms with Gasteiger partial charge in [0.05, 0.1) is 9.82 Å². The number of nitrogens with one attached hydrogen (secondary N) is 1. The lowest BCUT2D eigenvalue weighted by Crippen LogP contribution is -2.38. The van der Waals surface area contributed by atoms with Gasteiger partial charge in [-0.25, -0.2) is 13.1 Å². The molecule has 0 radical (unpaired) electrons. The zero-order valence-corrected chi connectivity index (χ0v) is 11.9. The van der Waals surface area contributed by atoms with Crippen LogP contribution in [0.1, 0.15) is 0 Å². The van der Waals surface area contributed by atoms with Gasteiger partial charge in [-0.05, 0) is 6.07 Å². The van der Waals surface area contributed by atoms with Crippen LogP contribution >= 0.6 is 34.8 Å². The third kappa shape index (κ3) is 4.20. The molecular weight excluding hydrogens is 343 g/mol. The van der Waals surface area contributed by atoms with E-state index < -0.39 is 35.2 Å². The molecule has 0 bridgehead atoms. The van der Waals surface area contributed by atoms with E-state index in [2.05, 4.69) is 0 Å². The Bertz CT molecular complexity index is 626.